The molecular weight excluding hydrogens is 395 g/mol. The fourth-order valence-corrected chi connectivity index (χ4v) is 5.38. The molecule has 1 fully saturated rings. The summed E-state index contributed by atoms with van der Waals surface area (Å²) in [6.07, 6.45) is 3.04. The molecule has 8 heteroatoms. The molecule has 1 aliphatic rings. The van der Waals surface area contributed by atoms with Gasteiger partial charge in [0.05, 0.1) is 13.1 Å². The van der Waals surface area contributed by atoms with Gasteiger partial charge < -0.3 is 10.3 Å². The summed E-state index contributed by atoms with van der Waals surface area (Å²) in [5.74, 6) is 1.22. The average molecular weight is 415 g/mol. The Morgan fingerprint density at radius 2 is 1.71 bits per heavy atom. The van der Waals surface area contributed by atoms with Crippen molar-refractivity contribution in [3.63, 3.8) is 0 Å². The first-order valence-electron chi connectivity index (χ1n) is 8.85. The van der Waals surface area contributed by atoms with Crippen molar-refractivity contribution >= 4 is 29.1 Å². The van der Waals surface area contributed by atoms with Crippen molar-refractivity contribution in [3.05, 3.63) is 60.7 Å². The molecule has 5 nitrogen and oxygen atoms in total. The Bertz CT molecular complexity index is 963. The molecule has 0 amide bonds. The second-order valence-corrected chi connectivity index (χ2v) is 9.22. The molecule has 0 saturated carbocycles. The van der Waals surface area contributed by atoms with E-state index in [1.165, 1.54) is 18.5 Å². The largest absolute Gasteiger partial charge is 0.616 e. The summed E-state index contributed by atoms with van der Waals surface area (Å²) in [4.78, 5) is 8.92. The molecule has 0 spiro atoms. The second-order valence-electron chi connectivity index (χ2n) is 6.39. The minimum atomic E-state index is -0.708. The van der Waals surface area contributed by atoms with Crippen LogP contribution in [0.15, 0.2) is 59.8 Å². The van der Waals surface area contributed by atoms with Crippen LogP contribution >= 0.6 is 11.9 Å². The summed E-state index contributed by atoms with van der Waals surface area (Å²) in [5.41, 5.74) is 8.30. The van der Waals surface area contributed by atoms with Crippen molar-refractivity contribution < 1.29 is 8.94 Å². The molecule has 3 aromatic rings. The third-order valence-electron chi connectivity index (χ3n) is 4.51. The second kappa shape index (κ2) is 8.48. The van der Waals surface area contributed by atoms with Crippen molar-refractivity contribution in [1.29, 1.82) is 0 Å². The van der Waals surface area contributed by atoms with Gasteiger partial charge in [-0.15, -0.1) is 0 Å². The summed E-state index contributed by atoms with van der Waals surface area (Å²) >= 11 is 0.930. The topological polar surface area (TPSA) is 78.1 Å². The fourth-order valence-electron chi connectivity index (χ4n) is 3.03. The van der Waals surface area contributed by atoms with E-state index in [1.807, 2.05) is 30.3 Å². The van der Waals surface area contributed by atoms with Crippen LogP contribution < -0.4 is 5.73 Å². The molecule has 2 aromatic carbocycles. The van der Waals surface area contributed by atoms with Gasteiger partial charge in [0.25, 0.3) is 0 Å². The molecule has 0 aliphatic carbocycles. The maximum atomic E-state index is 14.8. The van der Waals surface area contributed by atoms with Crippen molar-refractivity contribution in [2.24, 2.45) is 0 Å². The first kappa shape index (κ1) is 19.2. The molecule has 1 aliphatic heterocycles. The van der Waals surface area contributed by atoms with Crippen LogP contribution in [-0.4, -0.2) is 43.4 Å². The minimum absolute atomic E-state index is 0.160. The number of nitrogen functional groups attached to an aromatic ring is 1. The lowest BCUT2D eigenvalue weighted by Gasteiger charge is -2.27. The molecule has 28 heavy (non-hydrogen) atoms. The van der Waals surface area contributed by atoms with Crippen LogP contribution in [0.25, 0.3) is 22.3 Å². The monoisotopic (exact) mass is 414 g/mol. The minimum Gasteiger partial charge on any atom is -0.616 e. The number of hydrogen-bond donors (Lipinski definition) is 1. The maximum Gasteiger partial charge on any atom is 0.219 e. The molecule has 1 saturated heterocycles. The normalized spacial score (nSPS) is 15.6. The van der Waals surface area contributed by atoms with E-state index in [0.717, 1.165) is 29.1 Å². The molecule has 0 bridgehead atoms. The highest BCUT2D eigenvalue weighted by Crippen LogP contribution is 2.35. The van der Waals surface area contributed by atoms with Crippen LogP contribution in [-0.2, 0) is 11.2 Å². The van der Waals surface area contributed by atoms with Gasteiger partial charge in [-0.2, -0.15) is 0 Å². The van der Waals surface area contributed by atoms with Gasteiger partial charge >= 0.3 is 0 Å². The van der Waals surface area contributed by atoms with Gasteiger partial charge in [-0.05, 0) is 35.2 Å². The smallest absolute Gasteiger partial charge is 0.219 e. The van der Waals surface area contributed by atoms with E-state index in [0.29, 0.717) is 22.6 Å². The summed E-state index contributed by atoms with van der Waals surface area (Å²) < 4.78 is 28.6. The van der Waals surface area contributed by atoms with E-state index in [-0.39, 0.29) is 11.8 Å². The van der Waals surface area contributed by atoms with E-state index < -0.39 is 11.2 Å². The Balaban J connectivity index is 1.61. The van der Waals surface area contributed by atoms with Gasteiger partial charge in [0.2, 0.25) is 5.95 Å². The number of nitrogens with zero attached hydrogens (tertiary/aromatic N) is 3. The number of anilines is 1. The van der Waals surface area contributed by atoms with Gasteiger partial charge in [-0.25, -0.2) is 18.7 Å². The highest BCUT2D eigenvalue weighted by Gasteiger charge is 2.21. The molecule has 0 radical (unpaired) electrons. The molecule has 2 N–H and O–H groups in total. The SMILES string of the molecule is Nc1ncc(-c2ccc(-c3ccccc3SN3CC[S+]([O-])CC3)cc2F)cn1. The molecule has 1 aromatic heterocycles. The Kier molecular flexibility index (Phi) is 5.82. The van der Waals surface area contributed by atoms with Crippen LogP contribution in [0.4, 0.5) is 10.3 Å². The van der Waals surface area contributed by atoms with Crippen molar-refractivity contribution in [2.45, 2.75) is 4.90 Å². The first-order chi connectivity index (χ1) is 13.6. The van der Waals surface area contributed by atoms with Crippen molar-refractivity contribution in [2.75, 3.05) is 30.3 Å². The van der Waals surface area contributed by atoms with E-state index in [2.05, 4.69) is 14.3 Å². The molecule has 4 rings (SSSR count). The number of aromatic nitrogens is 2. The van der Waals surface area contributed by atoms with Gasteiger partial charge in [-0.1, -0.05) is 41.5 Å². The Labute approximate surface area is 170 Å². The maximum absolute atomic E-state index is 14.8. The number of benzene rings is 2. The van der Waals surface area contributed by atoms with Crippen LogP contribution in [0.5, 0.6) is 0 Å². The summed E-state index contributed by atoms with van der Waals surface area (Å²) in [6.45, 7) is 1.58. The predicted octanol–water partition coefficient (Wildman–Crippen LogP) is 3.60. The van der Waals surface area contributed by atoms with Gasteiger partial charge in [0.15, 0.2) is 0 Å². The Morgan fingerprint density at radius 1 is 1.00 bits per heavy atom. The van der Waals surface area contributed by atoms with E-state index in [1.54, 1.807) is 18.0 Å². The fraction of sp³-hybridized carbons (Fsp3) is 0.200. The highest BCUT2D eigenvalue weighted by atomic mass is 32.2. The molecule has 0 atom stereocenters. The molecular formula is C20H19FN4OS2. The Hall–Kier alpha value is -2.13. The van der Waals surface area contributed by atoms with Gasteiger partial charge in [0, 0.05) is 28.4 Å². The lowest BCUT2D eigenvalue weighted by atomic mass is 10.0. The van der Waals surface area contributed by atoms with Gasteiger partial charge in [-0.3, -0.25) is 0 Å². The summed E-state index contributed by atoms with van der Waals surface area (Å²) in [7, 11) is 0. The zero-order valence-corrected chi connectivity index (χ0v) is 16.7. The first-order valence-corrected chi connectivity index (χ1v) is 11.1. The zero-order chi connectivity index (χ0) is 19.5. The summed E-state index contributed by atoms with van der Waals surface area (Å²) in [5, 5.41) is 0. The van der Waals surface area contributed by atoms with E-state index >= 15 is 0 Å². The summed E-state index contributed by atoms with van der Waals surface area (Å²) in [6, 6.07) is 13.1. The molecule has 144 valence electrons. The van der Waals surface area contributed by atoms with Crippen LogP contribution in [0.3, 0.4) is 0 Å². The predicted molar refractivity (Wildman–Crippen MR) is 113 cm³/mol. The third-order valence-corrected chi connectivity index (χ3v) is 6.97. The van der Waals surface area contributed by atoms with Crippen LogP contribution in [0.1, 0.15) is 0 Å². The van der Waals surface area contributed by atoms with E-state index in [4.69, 9.17) is 5.73 Å². The highest BCUT2D eigenvalue weighted by molar-refractivity contribution is 7.97. The average Bonchev–Trinajstić information content (AvgIpc) is 2.71. The van der Waals surface area contributed by atoms with Crippen molar-refractivity contribution in [1.82, 2.24) is 14.3 Å². The van der Waals surface area contributed by atoms with Crippen molar-refractivity contribution in [3.8, 4) is 22.3 Å². The lowest BCUT2D eigenvalue weighted by molar-refractivity contribution is 0.489. The third kappa shape index (κ3) is 4.30. The number of halogens is 1. The number of rotatable bonds is 4. The van der Waals surface area contributed by atoms with Crippen LogP contribution in [0, 0.1) is 5.82 Å². The Morgan fingerprint density at radius 3 is 2.43 bits per heavy atom. The quantitative estimate of drug-likeness (QED) is 0.519. The number of hydrogen-bond acceptors (Lipinski definition) is 6. The standard InChI is InChI=1S/C20H19FN4OS2/c21-18-11-14(5-6-16(18)15-12-23-20(22)24-13-15)17-3-1-2-4-19(17)27-25-7-9-28(26)10-8-25/h1-6,11-13H,7-10H2,(H2,22,23,24). The van der Waals surface area contributed by atoms with E-state index in [9.17, 15) is 8.94 Å². The molecule has 0 unspecified atom stereocenters. The molecule has 2 heterocycles. The zero-order valence-electron chi connectivity index (χ0n) is 15.0. The van der Waals surface area contributed by atoms with Crippen LogP contribution in [0.2, 0.25) is 0 Å². The lowest BCUT2D eigenvalue weighted by Crippen LogP contribution is -2.36. The van der Waals surface area contributed by atoms with Gasteiger partial charge in [0.1, 0.15) is 17.3 Å². The number of nitrogens with two attached hydrogens (primary N) is 1.